The second-order valence-electron chi connectivity index (χ2n) is 2.64. The number of carbonyl (C=O) groups is 1. The van der Waals surface area contributed by atoms with Crippen molar-refractivity contribution in [1.82, 2.24) is 4.98 Å². The zero-order valence-corrected chi connectivity index (χ0v) is 8.82. The zero-order chi connectivity index (χ0) is 8.55. The van der Waals surface area contributed by atoms with Crippen molar-refractivity contribution < 1.29 is 4.79 Å². The zero-order valence-electron chi connectivity index (χ0n) is 7.19. The molecule has 3 nitrogen and oxygen atoms in total. The van der Waals surface area contributed by atoms with Gasteiger partial charge in [-0.3, -0.25) is 4.79 Å². The Kier molecular flexibility index (Phi) is 4.47. The summed E-state index contributed by atoms with van der Waals surface area (Å²) >= 11 is 0. The van der Waals surface area contributed by atoms with Gasteiger partial charge in [0.05, 0.1) is 0 Å². The van der Waals surface area contributed by atoms with Crippen LogP contribution >= 0.6 is 24.8 Å². The summed E-state index contributed by atoms with van der Waals surface area (Å²) in [5, 5.41) is 1.01. The topological polar surface area (TPSA) is 58.9 Å². The summed E-state index contributed by atoms with van der Waals surface area (Å²) in [5.74, 6) is -0.391. The summed E-state index contributed by atoms with van der Waals surface area (Å²) in [5.41, 5.74) is 6.68. The fraction of sp³-hybridized carbons (Fsp3) is 0. The molecule has 0 spiro atoms. The summed E-state index contributed by atoms with van der Waals surface area (Å²) in [6.45, 7) is 0. The first kappa shape index (κ1) is 12.8. The van der Waals surface area contributed by atoms with Gasteiger partial charge in [0, 0.05) is 22.7 Å². The predicted octanol–water partition coefficient (Wildman–Crippen LogP) is 2.11. The molecule has 0 fully saturated rings. The Morgan fingerprint density at radius 3 is 2.57 bits per heavy atom. The summed E-state index contributed by atoms with van der Waals surface area (Å²) < 4.78 is 0. The Morgan fingerprint density at radius 1 is 1.21 bits per heavy atom. The molecule has 1 aromatic heterocycles. The average Bonchev–Trinajstić information content (AvgIpc) is 2.49. The van der Waals surface area contributed by atoms with E-state index < -0.39 is 5.91 Å². The van der Waals surface area contributed by atoms with Gasteiger partial charge in [0.2, 0.25) is 5.91 Å². The second kappa shape index (κ2) is 4.88. The third-order valence-electron chi connectivity index (χ3n) is 1.84. The van der Waals surface area contributed by atoms with Gasteiger partial charge in [0.25, 0.3) is 0 Å². The Bertz CT molecular complexity index is 439. The van der Waals surface area contributed by atoms with Crippen molar-refractivity contribution in [2.24, 2.45) is 5.73 Å². The molecule has 0 saturated carbocycles. The van der Waals surface area contributed by atoms with E-state index in [1.807, 2.05) is 18.3 Å². The van der Waals surface area contributed by atoms with Crippen LogP contribution in [-0.2, 0) is 0 Å². The highest BCUT2D eigenvalue weighted by Crippen LogP contribution is 2.13. The number of fused-ring (bicyclic) bond motifs is 1. The molecule has 0 aliphatic carbocycles. The van der Waals surface area contributed by atoms with Crippen molar-refractivity contribution in [2.75, 3.05) is 0 Å². The fourth-order valence-corrected chi connectivity index (χ4v) is 1.21. The minimum absolute atomic E-state index is 0. The van der Waals surface area contributed by atoms with Crippen molar-refractivity contribution in [3.8, 4) is 0 Å². The van der Waals surface area contributed by atoms with E-state index in [0.717, 1.165) is 10.9 Å². The Hall–Kier alpha value is -1.19. The lowest BCUT2D eigenvalue weighted by molar-refractivity contribution is 0.100. The second-order valence-corrected chi connectivity index (χ2v) is 2.64. The number of primary amides is 1. The van der Waals surface area contributed by atoms with Crippen molar-refractivity contribution >= 4 is 41.6 Å². The molecule has 0 saturated heterocycles. The van der Waals surface area contributed by atoms with Crippen LogP contribution in [0.25, 0.3) is 10.9 Å². The van der Waals surface area contributed by atoms with E-state index in [9.17, 15) is 4.79 Å². The van der Waals surface area contributed by atoms with E-state index in [1.165, 1.54) is 0 Å². The monoisotopic (exact) mass is 232 g/mol. The molecule has 0 unspecified atom stereocenters. The first-order valence-corrected chi connectivity index (χ1v) is 3.64. The Morgan fingerprint density at radius 2 is 1.93 bits per heavy atom. The predicted molar refractivity (Wildman–Crippen MR) is 61.3 cm³/mol. The van der Waals surface area contributed by atoms with E-state index in [1.54, 1.807) is 12.1 Å². The molecule has 1 heterocycles. The smallest absolute Gasteiger partial charge is 0.248 e. The third kappa shape index (κ3) is 2.19. The maximum Gasteiger partial charge on any atom is 0.248 e. The molecule has 3 N–H and O–H groups in total. The number of hydrogen-bond acceptors (Lipinski definition) is 1. The number of aromatic amines is 1. The number of aromatic nitrogens is 1. The third-order valence-corrected chi connectivity index (χ3v) is 1.84. The largest absolute Gasteiger partial charge is 0.366 e. The maximum absolute atomic E-state index is 10.8. The highest BCUT2D eigenvalue weighted by atomic mass is 35.5. The first-order valence-electron chi connectivity index (χ1n) is 3.64. The van der Waals surface area contributed by atoms with E-state index in [2.05, 4.69) is 4.98 Å². The van der Waals surface area contributed by atoms with Crippen LogP contribution in [0.1, 0.15) is 10.4 Å². The first-order chi connectivity index (χ1) is 5.77. The lowest BCUT2D eigenvalue weighted by Crippen LogP contribution is -2.10. The number of nitrogens with two attached hydrogens (primary N) is 1. The number of hydrogen-bond donors (Lipinski definition) is 2. The number of amides is 1. The molecule has 2 rings (SSSR count). The quantitative estimate of drug-likeness (QED) is 0.778. The molecule has 1 amide bonds. The fourth-order valence-electron chi connectivity index (χ4n) is 1.21. The highest BCUT2D eigenvalue weighted by Gasteiger charge is 2.00. The molecule has 76 valence electrons. The van der Waals surface area contributed by atoms with Gasteiger partial charge < -0.3 is 10.7 Å². The van der Waals surface area contributed by atoms with Gasteiger partial charge in [0.1, 0.15) is 0 Å². The SMILES string of the molecule is Cl.Cl.NC(=O)c1ccc2[nH]ccc2c1. The van der Waals surface area contributed by atoms with Crippen LogP contribution in [0.3, 0.4) is 0 Å². The molecular formula is C9H10Cl2N2O. The highest BCUT2D eigenvalue weighted by molar-refractivity contribution is 5.96. The van der Waals surface area contributed by atoms with Crippen molar-refractivity contribution in [3.05, 3.63) is 36.0 Å². The van der Waals surface area contributed by atoms with E-state index >= 15 is 0 Å². The minimum atomic E-state index is -0.391. The van der Waals surface area contributed by atoms with Gasteiger partial charge >= 0.3 is 0 Å². The van der Waals surface area contributed by atoms with Crippen LogP contribution in [0.2, 0.25) is 0 Å². The van der Waals surface area contributed by atoms with Crippen LogP contribution in [0.4, 0.5) is 0 Å². The van der Waals surface area contributed by atoms with Crippen molar-refractivity contribution in [1.29, 1.82) is 0 Å². The van der Waals surface area contributed by atoms with Crippen LogP contribution in [0.5, 0.6) is 0 Å². The van der Waals surface area contributed by atoms with Gasteiger partial charge in [0.15, 0.2) is 0 Å². The average molecular weight is 233 g/mol. The number of carbonyl (C=O) groups excluding carboxylic acids is 1. The summed E-state index contributed by atoms with van der Waals surface area (Å²) in [7, 11) is 0. The van der Waals surface area contributed by atoms with Crippen LogP contribution in [-0.4, -0.2) is 10.9 Å². The van der Waals surface area contributed by atoms with Crippen molar-refractivity contribution in [3.63, 3.8) is 0 Å². The van der Waals surface area contributed by atoms with Gasteiger partial charge in [-0.2, -0.15) is 0 Å². The molecular weight excluding hydrogens is 223 g/mol. The minimum Gasteiger partial charge on any atom is -0.366 e. The van der Waals surface area contributed by atoms with Crippen LogP contribution < -0.4 is 5.73 Å². The van der Waals surface area contributed by atoms with Gasteiger partial charge in [-0.05, 0) is 24.3 Å². The summed E-state index contributed by atoms with van der Waals surface area (Å²) in [6, 6.07) is 7.23. The van der Waals surface area contributed by atoms with Gasteiger partial charge in [-0.15, -0.1) is 24.8 Å². The summed E-state index contributed by atoms with van der Waals surface area (Å²) in [6.07, 6.45) is 1.83. The lowest BCUT2D eigenvalue weighted by Gasteiger charge is -1.94. The molecule has 1 aromatic carbocycles. The number of H-pyrrole nitrogens is 1. The molecule has 14 heavy (non-hydrogen) atoms. The standard InChI is InChI=1S/C9H8N2O.2ClH/c10-9(12)7-1-2-8-6(5-7)3-4-11-8;;/h1-5,11H,(H2,10,12);2*1H. The Labute approximate surface area is 93.5 Å². The van der Waals surface area contributed by atoms with Gasteiger partial charge in [-0.1, -0.05) is 0 Å². The lowest BCUT2D eigenvalue weighted by atomic mass is 10.1. The van der Waals surface area contributed by atoms with Crippen LogP contribution in [0.15, 0.2) is 30.5 Å². The Balaban J connectivity index is 0.000000845. The molecule has 2 aromatic rings. The van der Waals surface area contributed by atoms with E-state index in [0.29, 0.717) is 5.56 Å². The molecule has 0 radical (unpaired) electrons. The molecule has 0 aliphatic heterocycles. The number of benzene rings is 1. The number of halogens is 2. The molecule has 0 atom stereocenters. The number of nitrogens with one attached hydrogen (secondary N) is 1. The molecule has 0 bridgehead atoms. The van der Waals surface area contributed by atoms with Gasteiger partial charge in [-0.25, -0.2) is 0 Å². The van der Waals surface area contributed by atoms with E-state index in [-0.39, 0.29) is 24.8 Å². The molecule has 0 aliphatic rings. The maximum atomic E-state index is 10.8. The van der Waals surface area contributed by atoms with Crippen molar-refractivity contribution in [2.45, 2.75) is 0 Å². The summed E-state index contributed by atoms with van der Waals surface area (Å²) in [4.78, 5) is 13.8. The van der Waals surface area contributed by atoms with E-state index in [4.69, 9.17) is 5.73 Å². The van der Waals surface area contributed by atoms with Crippen LogP contribution in [0, 0.1) is 0 Å². The number of rotatable bonds is 1. The molecule has 5 heteroatoms. The normalized spacial score (nSPS) is 8.86.